The molecule has 40 heavy (non-hydrogen) atoms. The number of fused-ring (bicyclic) bond motifs is 2. The Morgan fingerprint density at radius 1 is 0.950 bits per heavy atom. The minimum absolute atomic E-state index is 0.0726. The highest BCUT2D eigenvalue weighted by Gasteiger charge is 2.42. The molecule has 2 aliphatic rings. The molecule has 1 saturated heterocycles. The maximum atomic E-state index is 13.4. The summed E-state index contributed by atoms with van der Waals surface area (Å²) in [6.45, 7) is -0.245. The molecule has 2 heterocycles. The van der Waals surface area contributed by atoms with Crippen LogP contribution in [-0.2, 0) is 20.8 Å². The van der Waals surface area contributed by atoms with Gasteiger partial charge in [0, 0.05) is 0 Å². The monoisotopic (exact) mass is 589 g/mol. The third-order valence-electron chi connectivity index (χ3n) is 6.32. The number of benzene rings is 3. The maximum Gasteiger partial charge on any atom is 0.573 e. The van der Waals surface area contributed by atoms with Gasteiger partial charge in [-0.2, -0.15) is 13.2 Å². The molecule has 0 radical (unpaired) electrons. The van der Waals surface area contributed by atoms with Crippen LogP contribution in [0, 0.1) is 4.78 Å². The second-order valence-corrected chi connectivity index (χ2v) is 10.8. The first-order valence-electron chi connectivity index (χ1n) is 11.7. The number of anilines is 2. The van der Waals surface area contributed by atoms with Crippen LogP contribution in [0.4, 0.5) is 37.7 Å². The van der Waals surface area contributed by atoms with Crippen LogP contribution >= 0.6 is 0 Å². The lowest BCUT2D eigenvalue weighted by Gasteiger charge is -2.44. The van der Waals surface area contributed by atoms with Gasteiger partial charge in [-0.05, 0) is 54.6 Å². The predicted octanol–water partition coefficient (Wildman–Crippen LogP) is 5.59. The lowest BCUT2D eigenvalue weighted by molar-refractivity contribution is -0.274. The van der Waals surface area contributed by atoms with E-state index in [2.05, 4.69) is 9.46 Å². The first-order chi connectivity index (χ1) is 18.7. The summed E-state index contributed by atoms with van der Waals surface area (Å²) in [5, 5.41) is 11.3. The summed E-state index contributed by atoms with van der Waals surface area (Å²) in [6, 6.07) is 11.4. The third-order valence-corrected chi connectivity index (χ3v) is 7.89. The molecule has 3 aromatic rings. The van der Waals surface area contributed by atoms with Crippen LogP contribution in [0.2, 0.25) is 0 Å². The van der Waals surface area contributed by atoms with Gasteiger partial charge >= 0.3 is 12.5 Å². The number of nitrogens with one attached hydrogen (secondary N) is 2. The summed E-state index contributed by atoms with van der Waals surface area (Å²) in [4.78, 5) is 1.40. The van der Waals surface area contributed by atoms with Crippen molar-refractivity contribution in [1.29, 1.82) is 4.78 Å². The maximum absolute atomic E-state index is 13.4. The number of alkyl halides is 6. The average molecular weight is 590 g/mol. The molecule has 4 atom stereocenters. The van der Waals surface area contributed by atoms with Crippen molar-refractivity contribution < 1.29 is 49.9 Å². The van der Waals surface area contributed by atoms with Crippen LogP contribution in [-0.4, -0.2) is 47.1 Å². The van der Waals surface area contributed by atoms with E-state index >= 15 is 0 Å². The van der Waals surface area contributed by atoms with Gasteiger partial charge < -0.3 is 24.2 Å². The first kappa shape index (κ1) is 28.0. The van der Waals surface area contributed by atoms with E-state index in [0.29, 0.717) is 5.69 Å². The van der Waals surface area contributed by atoms with Crippen molar-refractivity contribution in [2.75, 3.05) is 18.1 Å². The number of aliphatic hydroxyl groups is 1. The van der Waals surface area contributed by atoms with E-state index in [-0.39, 0.29) is 35.3 Å². The van der Waals surface area contributed by atoms with Gasteiger partial charge in [-0.1, -0.05) is 12.1 Å². The lowest BCUT2D eigenvalue weighted by atomic mass is 9.98. The summed E-state index contributed by atoms with van der Waals surface area (Å²) in [5.74, 6) is -0.422. The molecular formula is C25H21F6N3O5S. The normalized spacial score (nSPS) is 22.5. The Kier molecular flexibility index (Phi) is 7.10. The lowest BCUT2D eigenvalue weighted by Crippen LogP contribution is -2.60. The standard InChI is InChI=1S/C25H21F6N3O5S/c26-24(27,28)14-5-10-19-22(11-14)38-21-4-2-1-3-18(21)34(19)20-13-37-12-17(23(20)35)33-40(32,36)16-8-6-15(7-9-16)39-25(29,30)31/h1-11,17,20,23,35H,12-13H2,(H2,32,33,36). The number of aliphatic hydroxyl groups excluding tert-OH is 1. The van der Waals surface area contributed by atoms with E-state index in [9.17, 15) is 35.7 Å². The number of ether oxygens (including phenoxy) is 3. The SMILES string of the molecule is N=S(=O)(NC1COCC(N2c3ccccc3Oc3cc(C(F)(F)F)ccc32)C1O)c1ccc(OC(F)(F)F)cc1. The second kappa shape index (κ2) is 10.1. The zero-order valence-electron chi connectivity index (χ0n) is 20.2. The quantitative estimate of drug-likeness (QED) is 0.336. The van der Waals surface area contributed by atoms with Crippen LogP contribution in [0.15, 0.2) is 71.6 Å². The number of nitrogens with zero attached hydrogens (tertiary/aromatic N) is 1. The molecule has 8 nitrogen and oxygen atoms in total. The second-order valence-electron chi connectivity index (χ2n) is 9.02. The van der Waals surface area contributed by atoms with Gasteiger partial charge in [0.2, 0.25) is 0 Å². The summed E-state index contributed by atoms with van der Waals surface area (Å²) in [5.41, 5.74) is -0.257. The summed E-state index contributed by atoms with van der Waals surface area (Å²) >= 11 is 0. The van der Waals surface area contributed by atoms with Crippen LogP contribution in [0.1, 0.15) is 5.56 Å². The van der Waals surface area contributed by atoms with Gasteiger partial charge in [0.15, 0.2) is 11.5 Å². The van der Waals surface area contributed by atoms with Gasteiger partial charge in [-0.25, -0.2) is 13.7 Å². The molecule has 0 aliphatic carbocycles. The molecule has 3 N–H and O–H groups in total. The fraction of sp³-hybridized carbons (Fsp3) is 0.280. The van der Waals surface area contributed by atoms with Crippen molar-refractivity contribution >= 4 is 21.3 Å². The Labute approximate surface area is 224 Å². The summed E-state index contributed by atoms with van der Waals surface area (Å²) < 4.78 is 117. The van der Waals surface area contributed by atoms with Gasteiger partial charge in [-0.15, -0.1) is 13.2 Å². The smallest absolute Gasteiger partial charge is 0.453 e. The topological polar surface area (TPSA) is 104 Å². The molecular weight excluding hydrogens is 568 g/mol. The van der Waals surface area contributed by atoms with E-state index in [4.69, 9.17) is 14.3 Å². The average Bonchev–Trinajstić information content (AvgIpc) is 2.87. The minimum Gasteiger partial charge on any atom is -0.453 e. The van der Waals surface area contributed by atoms with Crippen LogP contribution in [0.3, 0.4) is 0 Å². The third kappa shape index (κ3) is 5.68. The molecule has 214 valence electrons. The molecule has 1 fully saturated rings. The predicted molar refractivity (Wildman–Crippen MR) is 130 cm³/mol. The van der Waals surface area contributed by atoms with Crippen molar-refractivity contribution in [2.45, 2.75) is 35.6 Å². The first-order valence-corrected chi connectivity index (χ1v) is 13.2. The highest BCUT2D eigenvalue weighted by atomic mass is 32.2. The number of hydrogen-bond donors (Lipinski definition) is 3. The van der Waals surface area contributed by atoms with Crippen molar-refractivity contribution in [2.24, 2.45) is 0 Å². The van der Waals surface area contributed by atoms with Gasteiger partial charge in [0.1, 0.15) is 15.7 Å². The Bertz CT molecular complexity index is 1500. The zero-order chi connectivity index (χ0) is 28.9. The van der Waals surface area contributed by atoms with E-state index in [0.717, 1.165) is 36.4 Å². The Morgan fingerprint density at radius 3 is 2.30 bits per heavy atom. The van der Waals surface area contributed by atoms with Crippen molar-refractivity contribution in [3.05, 3.63) is 72.3 Å². The molecule has 2 aliphatic heterocycles. The largest absolute Gasteiger partial charge is 0.573 e. The highest BCUT2D eigenvalue weighted by Crippen LogP contribution is 2.50. The van der Waals surface area contributed by atoms with Crippen LogP contribution < -0.4 is 19.1 Å². The van der Waals surface area contributed by atoms with Gasteiger partial charge in [0.25, 0.3) is 0 Å². The van der Waals surface area contributed by atoms with E-state index in [1.807, 2.05) is 0 Å². The van der Waals surface area contributed by atoms with Crippen molar-refractivity contribution in [3.8, 4) is 17.2 Å². The molecule has 15 heteroatoms. The summed E-state index contributed by atoms with van der Waals surface area (Å²) in [6.07, 6.45) is -10.9. The number of para-hydroxylation sites is 2. The van der Waals surface area contributed by atoms with Crippen LogP contribution in [0.5, 0.6) is 17.2 Å². The molecule has 0 bridgehead atoms. The fourth-order valence-corrected chi connectivity index (χ4v) is 5.83. The molecule has 3 aromatic carbocycles. The van der Waals surface area contributed by atoms with Crippen molar-refractivity contribution in [3.63, 3.8) is 0 Å². The Morgan fingerprint density at radius 2 is 1.62 bits per heavy atom. The molecule has 0 saturated carbocycles. The fourth-order valence-electron chi connectivity index (χ4n) is 4.55. The number of halogens is 6. The molecule has 0 aromatic heterocycles. The van der Waals surface area contributed by atoms with Crippen LogP contribution in [0.25, 0.3) is 0 Å². The van der Waals surface area contributed by atoms with E-state index < -0.39 is 52.0 Å². The van der Waals surface area contributed by atoms with Gasteiger partial charge in [-0.3, -0.25) is 0 Å². The molecule has 5 rings (SSSR count). The molecule has 4 unspecified atom stereocenters. The highest BCUT2D eigenvalue weighted by molar-refractivity contribution is 7.90. The van der Waals surface area contributed by atoms with Crippen molar-refractivity contribution in [1.82, 2.24) is 4.72 Å². The Balaban J connectivity index is 1.42. The summed E-state index contributed by atoms with van der Waals surface area (Å²) in [7, 11) is -3.85. The van der Waals surface area contributed by atoms with Gasteiger partial charge in [0.05, 0.1) is 53.2 Å². The molecule has 0 spiro atoms. The minimum atomic E-state index is -4.92. The zero-order valence-corrected chi connectivity index (χ0v) is 21.0. The number of rotatable bonds is 5. The van der Waals surface area contributed by atoms with E-state index in [1.165, 1.54) is 6.07 Å². The Hall–Kier alpha value is -3.53. The van der Waals surface area contributed by atoms with E-state index in [1.54, 1.807) is 29.2 Å². The number of hydrogen-bond acceptors (Lipinski definition) is 7. The molecule has 0 amide bonds.